The fraction of sp³-hybridized carbons (Fsp3) is 0.257. The number of hydrogen-bond acceptors (Lipinski definition) is 3. The normalized spacial score (nSPS) is 19.6. The predicted molar refractivity (Wildman–Crippen MR) is 156 cm³/mol. The van der Waals surface area contributed by atoms with Gasteiger partial charge < -0.3 is 9.64 Å². The van der Waals surface area contributed by atoms with Crippen LogP contribution in [0.2, 0.25) is 0 Å². The number of anilines is 1. The molecule has 0 unspecified atom stereocenters. The van der Waals surface area contributed by atoms with Crippen LogP contribution in [-0.4, -0.2) is 18.7 Å². The number of benzene rings is 3. The van der Waals surface area contributed by atoms with Crippen LogP contribution in [0.4, 0.5) is 5.69 Å². The summed E-state index contributed by atoms with van der Waals surface area (Å²) in [6.07, 6.45) is 10.4. The highest BCUT2D eigenvalue weighted by Crippen LogP contribution is 2.43. The standard InChI is InChI=1S/C35H31N3O/c1-37-34(25-36)31-21-33(39-35(24-31)22-29-9-5-6-10-30(29)23-35)16-13-26-11-14-32(15-12-26)38-19-17-28(18-20-38)27-7-3-2-4-8-27/h2-16,21,28H,17-20,22-24H2. The fourth-order valence-electron chi connectivity index (χ4n) is 6.32. The van der Waals surface area contributed by atoms with Crippen LogP contribution in [0.15, 0.2) is 108 Å². The number of hydrogen-bond donors (Lipinski definition) is 0. The highest BCUT2D eigenvalue weighted by Gasteiger charge is 2.42. The van der Waals surface area contributed by atoms with E-state index in [1.807, 2.05) is 12.2 Å². The van der Waals surface area contributed by atoms with Crippen molar-refractivity contribution in [3.8, 4) is 6.07 Å². The summed E-state index contributed by atoms with van der Waals surface area (Å²) in [7, 11) is 0. The van der Waals surface area contributed by atoms with Crippen molar-refractivity contribution in [1.29, 1.82) is 5.26 Å². The molecule has 0 bridgehead atoms. The smallest absolute Gasteiger partial charge is 0.265 e. The van der Waals surface area contributed by atoms with Gasteiger partial charge in [0.15, 0.2) is 0 Å². The minimum atomic E-state index is -0.448. The maximum absolute atomic E-state index is 9.57. The molecule has 6 rings (SSSR count). The molecule has 4 nitrogen and oxygen atoms in total. The number of ether oxygens (including phenoxy) is 1. The van der Waals surface area contributed by atoms with Crippen molar-refractivity contribution < 1.29 is 4.74 Å². The van der Waals surface area contributed by atoms with E-state index in [0.29, 0.717) is 18.1 Å². The van der Waals surface area contributed by atoms with Gasteiger partial charge in [0.05, 0.1) is 12.6 Å². The molecule has 3 aromatic rings. The number of allylic oxidation sites excluding steroid dienone is 3. The Morgan fingerprint density at radius 3 is 2.21 bits per heavy atom. The fourth-order valence-corrected chi connectivity index (χ4v) is 6.32. The quantitative estimate of drug-likeness (QED) is 0.268. The molecule has 39 heavy (non-hydrogen) atoms. The summed E-state index contributed by atoms with van der Waals surface area (Å²) in [5.41, 5.74) is 6.84. The SMILES string of the molecule is [C-]#[N+]C(C#N)=C1C=C(C=Cc2ccc(N3CCC(c4ccccc4)CC3)cc2)OC2(C1)Cc1ccccc1C2. The summed E-state index contributed by atoms with van der Waals surface area (Å²) in [6, 6.07) is 30.1. The van der Waals surface area contributed by atoms with Crippen LogP contribution in [-0.2, 0) is 17.6 Å². The minimum absolute atomic E-state index is 0.153. The molecule has 0 radical (unpaired) electrons. The lowest BCUT2D eigenvalue weighted by Gasteiger charge is -2.35. The van der Waals surface area contributed by atoms with E-state index in [4.69, 9.17) is 11.3 Å². The Hall–Kier alpha value is -4.54. The number of fused-ring (bicyclic) bond motifs is 1. The van der Waals surface area contributed by atoms with E-state index in [-0.39, 0.29) is 5.70 Å². The van der Waals surface area contributed by atoms with Crippen LogP contribution in [0.3, 0.4) is 0 Å². The molecule has 1 fully saturated rings. The Kier molecular flexibility index (Phi) is 6.78. The number of piperidine rings is 1. The van der Waals surface area contributed by atoms with E-state index in [2.05, 4.69) is 101 Å². The second-order valence-electron chi connectivity index (χ2n) is 10.8. The van der Waals surface area contributed by atoms with Crippen LogP contribution in [0, 0.1) is 17.9 Å². The third-order valence-electron chi connectivity index (χ3n) is 8.29. The summed E-state index contributed by atoms with van der Waals surface area (Å²) in [4.78, 5) is 5.98. The zero-order valence-corrected chi connectivity index (χ0v) is 22.0. The Bertz CT molecular complexity index is 1480. The van der Waals surface area contributed by atoms with Gasteiger partial charge in [0, 0.05) is 38.0 Å². The molecule has 2 heterocycles. The minimum Gasteiger partial charge on any atom is -0.486 e. The lowest BCUT2D eigenvalue weighted by atomic mass is 9.87. The van der Waals surface area contributed by atoms with Gasteiger partial charge in [0.2, 0.25) is 0 Å². The van der Waals surface area contributed by atoms with E-state index < -0.39 is 5.60 Å². The van der Waals surface area contributed by atoms with Gasteiger partial charge in [-0.25, -0.2) is 10.1 Å². The topological polar surface area (TPSA) is 40.6 Å². The molecule has 1 aliphatic carbocycles. The molecule has 0 saturated carbocycles. The summed E-state index contributed by atoms with van der Waals surface area (Å²) < 4.78 is 6.59. The molecule has 1 spiro atoms. The lowest BCUT2D eigenvalue weighted by Crippen LogP contribution is -2.36. The van der Waals surface area contributed by atoms with Crippen LogP contribution in [0.5, 0.6) is 0 Å². The zero-order chi connectivity index (χ0) is 26.7. The first-order valence-corrected chi connectivity index (χ1v) is 13.7. The van der Waals surface area contributed by atoms with Crippen LogP contribution in [0.1, 0.15) is 47.4 Å². The molecule has 3 aliphatic rings. The maximum atomic E-state index is 9.57. The second-order valence-corrected chi connectivity index (χ2v) is 10.8. The van der Waals surface area contributed by atoms with Crippen molar-refractivity contribution in [1.82, 2.24) is 0 Å². The van der Waals surface area contributed by atoms with E-state index in [9.17, 15) is 5.26 Å². The van der Waals surface area contributed by atoms with Crippen LogP contribution >= 0.6 is 0 Å². The van der Waals surface area contributed by atoms with Crippen molar-refractivity contribution in [2.45, 2.75) is 43.6 Å². The van der Waals surface area contributed by atoms with Gasteiger partial charge in [-0.05, 0) is 70.9 Å². The van der Waals surface area contributed by atoms with Crippen LogP contribution in [0.25, 0.3) is 10.9 Å². The molecule has 3 aromatic carbocycles. The predicted octanol–water partition coefficient (Wildman–Crippen LogP) is 7.62. The van der Waals surface area contributed by atoms with Crippen molar-refractivity contribution in [2.24, 2.45) is 0 Å². The van der Waals surface area contributed by atoms with Crippen molar-refractivity contribution in [2.75, 3.05) is 18.0 Å². The van der Waals surface area contributed by atoms with Gasteiger partial charge in [-0.1, -0.05) is 72.8 Å². The van der Waals surface area contributed by atoms with Gasteiger partial charge in [-0.15, -0.1) is 0 Å². The number of nitrogens with zero attached hydrogens (tertiary/aromatic N) is 3. The van der Waals surface area contributed by atoms with Crippen LogP contribution < -0.4 is 4.90 Å². The lowest BCUT2D eigenvalue weighted by molar-refractivity contribution is 0.0108. The van der Waals surface area contributed by atoms with Crippen molar-refractivity contribution in [3.05, 3.63) is 142 Å². The summed E-state index contributed by atoms with van der Waals surface area (Å²) >= 11 is 0. The Morgan fingerprint density at radius 2 is 1.56 bits per heavy atom. The van der Waals surface area contributed by atoms with Crippen molar-refractivity contribution >= 4 is 11.8 Å². The maximum Gasteiger partial charge on any atom is 0.265 e. The molecule has 4 heteroatoms. The number of rotatable bonds is 4. The molecule has 0 N–H and O–H groups in total. The van der Waals surface area contributed by atoms with E-state index in [1.54, 1.807) is 0 Å². The Balaban J connectivity index is 1.16. The highest BCUT2D eigenvalue weighted by atomic mass is 16.5. The molecule has 0 aromatic heterocycles. The van der Waals surface area contributed by atoms with E-state index >= 15 is 0 Å². The largest absolute Gasteiger partial charge is 0.486 e. The summed E-state index contributed by atoms with van der Waals surface area (Å²) in [5, 5.41) is 9.57. The van der Waals surface area contributed by atoms with E-state index in [1.165, 1.54) is 35.2 Å². The van der Waals surface area contributed by atoms with Gasteiger partial charge in [0.1, 0.15) is 11.4 Å². The average Bonchev–Trinajstić information content (AvgIpc) is 3.34. The first kappa shape index (κ1) is 24.8. The third kappa shape index (κ3) is 5.25. The highest BCUT2D eigenvalue weighted by molar-refractivity contribution is 5.59. The number of nitriles is 1. The van der Waals surface area contributed by atoms with Gasteiger partial charge >= 0.3 is 0 Å². The van der Waals surface area contributed by atoms with Gasteiger partial charge in [-0.2, -0.15) is 0 Å². The zero-order valence-electron chi connectivity index (χ0n) is 22.0. The molecular formula is C35H31N3O. The Morgan fingerprint density at radius 1 is 0.897 bits per heavy atom. The monoisotopic (exact) mass is 509 g/mol. The van der Waals surface area contributed by atoms with E-state index in [0.717, 1.165) is 37.1 Å². The molecule has 1 saturated heterocycles. The summed E-state index contributed by atoms with van der Waals surface area (Å²) in [6.45, 7) is 9.63. The molecule has 2 aliphatic heterocycles. The molecular weight excluding hydrogens is 478 g/mol. The molecule has 0 atom stereocenters. The first-order valence-electron chi connectivity index (χ1n) is 13.7. The van der Waals surface area contributed by atoms with Gasteiger partial charge in [-0.3, -0.25) is 0 Å². The summed E-state index contributed by atoms with van der Waals surface area (Å²) in [5.74, 6) is 1.35. The molecule has 0 amide bonds. The Labute approximate surface area is 231 Å². The third-order valence-corrected chi connectivity index (χ3v) is 8.29. The first-order chi connectivity index (χ1) is 19.1. The second kappa shape index (κ2) is 10.7. The van der Waals surface area contributed by atoms with Crippen molar-refractivity contribution in [3.63, 3.8) is 0 Å². The average molecular weight is 510 g/mol. The van der Waals surface area contributed by atoms with Gasteiger partial charge in [0.25, 0.3) is 5.70 Å². The molecule has 192 valence electrons.